The predicted octanol–water partition coefficient (Wildman–Crippen LogP) is -0.843. The summed E-state index contributed by atoms with van der Waals surface area (Å²) in [5, 5.41) is 32.5. The van der Waals surface area contributed by atoms with Gasteiger partial charge in [-0.1, -0.05) is 0 Å². The van der Waals surface area contributed by atoms with E-state index in [-0.39, 0.29) is 0 Å². The van der Waals surface area contributed by atoms with Crippen LogP contribution in [0.1, 0.15) is 0 Å². The Balaban J connectivity index is 0.000000322. The first-order chi connectivity index (χ1) is 6.96. The molecule has 0 aromatic carbocycles. The number of aliphatic hydroxyl groups is 2. The van der Waals surface area contributed by atoms with E-state index in [2.05, 4.69) is 4.42 Å². The number of aliphatic carboxylic acids is 2. The van der Waals surface area contributed by atoms with Crippen LogP contribution < -0.4 is 0 Å². The Kier molecular flexibility index (Phi) is 5.76. The van der Waals surface area contributed by atoms with E-state index in [1.807, 2.05) is 12.1 Å². The summed E-state index contributed by atoms with van der Waals surface area (Å²) in [6.45, 7) is 0. The van der Waals surface area contributed by atoms with Gasteiger partial charge in [-0.25, -0.2) is 9.59 Å². The maximum atomic E-state index is 9.77. The molecule has 0 bridgehead atoms. The van der Waals surface area contributed by atoms with Crippen molar-refractivity contribution in [2.24, 2.45) is 0 Å². The SMILES string of the molecule is O=C(O)C(O)C(O)C(=O)O.c1ccoc1. The number of aliphatic hydroxyl groups excluding tert-OH is 2. The van der Waals surface area contributed by atoms with Gasteiger partial charge >= 0.3 is 11.9 Å². The van der Waals surface area contributed by atoms with Crippen molar-refractivity contribution in [3.8, 4) is 0 Å². The van der Waals surface area contributed by atoms with E-state index in [1.165, 1.54) is 0 Å². The fourth-order valence-electron chi connectivity index (χ4n) is 0.497. The van der Waals surface area contributed by atoms with Crippen LogP contribution in [0, 0.1) is 0 Å². The third-order valence-corrected chi connectivity index (χ3v) is 1.23. The van der Waals surface area contributed by atoms with Crippen LogP contribution in [0.25, 0.3) is 0 Å². The molecule has 1 aromatic heterocycles. The highest BCUT2D eigenvalue weighted by Gasteiger charge is 2.29. The quantitative estimate of drug-likeness (QED) is 0.520. The fourth-order valence-corrected chi connectivity index (χ4v) is 0.497. The van der Waals surface area contributed by atoms with Gasteiger partial charge in [-0.2, -0.15) is 0 Å². The second kappa shape index (κ2) is 6.57. The van der Waals surface area contributed by atoms with Gasteiger partial charge < -0.3 is 24.8 Å². The number of rotatable bonds is 3. The Hall–Kier alpha value is -1.86. The summed E-state index contributed by atoms with van der Waals surface area (Å²) in [6.07, 6.45) is -1.28. The molecular formula is C8H10O7. The average molecular weight is 218 g/mol. The summed E-state index contributed by atoms with van der Waals surface area (Å²) in [4.78, 5) is 19.5. The molecule has 0 aliphatic rings. The van der Waals surface area contributed by atoms with Crippen molar-refractivity contribution in [3.05, 3.63) is 24.7 Å². The van der Waals surface area contributed by atoms with Crippen LogP contribution in [0.4, 0.5) is 0 Å². The molecule has 0 saturated carbocycles. The Morgan fingerprint density at radius 1 is 0.933 bits per heavy atom. The van der Waals surface area contributed by atoms with E-state index >= 15 is 0 Å². The minimum Gasteiger partial charge on any atom is -0.479 e. The molecule has 84 valence electrons. The van der Waals surface area contributed by atoms with Gasteiger partial charge in [-0.15, -0.1) is 0 Å². The molecule has 2 unspecified atom stereocenters. The van der Waals surface area contributed by atoms with E-state index in [0.717, 1.165) is 0 Å². The zero-order valence-electron chi connectivity index (χ0n) is 7.48. The number of hydrogen-bond donors (Lipinski definition) is 4. The van der Waals surface area contributed by atoms with Gasteiger partial charge in [-0.3, -0.25) is 0 Å². The molecule has 0 radical (unpaired) electrons. The standard InChI is InChI=1S/C4H6O6.C4H4O/c5-1(3(7)8)2(6)4(9)10;1-2-4-5-3-1/h1-2,5-6H,(H,7,8)(H,9,10);1-4H. The highest BCUT2D eigenvalue weighted by molar-refractivity contribution is 5.83. The third kappa shape index (κ3) is 5.45. The largest absolute Gasteiger partial charge is 0.479 e. The molecule has 0 fully saturated rings. The summed E-state index contributed by atoms with van der Waals surface area (Å²) in [6, 6.07) is 3.67. The minimum absolute atomic E-state index is 1.62. The first-order valence-electron chi connectivity index (χ1n) is 3.75. The van der Waals surface area contributed by atoms with E-state index < -0.39 is 24.1 Å². The summed E-state index contributed by atoms with van der Waals surface area (Å²) < 4.78 is 4.58. The molecule has 15 heavy (non-hydrogen) atoms. The molecule has 1 heterocycles. The van der Waals surface area contributed by atoms with Crippen LogP contribution in [0.3, 0.4) is 0 Å². The summed E-state index contributed by atoms with van der Waals surface area (Å²) in [5.41, 5.74) is 0. The third-order valence-electron chi connectivity index (χ3n) is 1.23. The Labute approximate surface area is 84.2 Å². The van der Waals surface area contributed by atoms with Crippen molar-refractivity contribution in [2.75, 3.05) is 0 Å². The number of carbonyl (C=O) groups is 2. The summed E-state index contributed by atoms with van der Waals surface area (Å²) in [7, 11) is 0. The van der Waals surface area contributed by atoms with Crippen LogP contribution >= 0.6 is 0 Å². The van der Waals surface area contributed by atoms with E-state index in [1.54, 1.807) is 12.5 Å². The molecule has 7 nitrogen and oxygen atoms in total. The average Bonchev–Trinajstić information content (AvgIpc) is 2.73. The van der Waals surface area contributed by atoms with Crippen molar-refractivity contribution in [3.63, 3.8) is 0 Å². The molecule has 0 aliphatic heterocycles. The van der Waals surface area contributed by atoms with Crippen LogP contribution in [0.15, 0.2) is 29.1 Å². The van der Waals surface area contributed by atoms with E-state index in [0.29, 0.717) is 0 Å². The zero-order valence-corrected chi connectivity index (χ0v) is 7.48. The maximum absolute atomic E-state index is 9.77. The molecule has 0 spiro atoms. The van der Waals surface area contributed by atoms with Gasteiger partial charge in [0, 0.05) is 0 Å². The van der Waals surface area contributed by atoms with Crippen LogP contribution in [-0.4, -0.2) is 44.6 Å². The summed E-state index contributed by atoms with van der Waals surface area (Å²) in [5.74, 6) is -3.54. The van der Waals surface area contributed by atoms with Crippen LogP contribution in [-0.2, 0) is 9.59 Å². The second-order valence-electron chi connectivity index (χ2n) is 2.36. The second-order valence-corrected chi connectivity index (χ2v) is 2.36. The smallest absolute Gasteiger partial charge is 0.335 e. The molecule has 0 saturated heterocycles. The van der Waals surface area contributed by atoms with E-state index in [9.17, 15) is 9.59 Å². The van der Waals surface area contributed by atoms with Crippen molar-refractivity contribution in [1.82, 2.24) is 0 Å². The minimum atomic E-state index is -2.27. The van der Waals surface area contributed by atoms with Gasteiger partial charge in [0.2, 0.25) is 0 Å². The number of carboxylic acids is 2. The van der Waals surface area contributed by atoms with Crippen molar-refractivity contribution >= 4 is 11.9 Å². The lowest BCUT2D eigenvalue weighted by Gasteiger charge is -2.07. The molecule has 7 heteroatoms. The van der Waals surface area contributed by atoms with Crippen molar-refractivity contribution in [1.29, 1.82) is 0 Å². The number of furan rings is 1. The molecule has 1 rings (SSSR count). The molecular weight excluding hydrogens is 208 g/mol. The van der Waals surface area contributed by atoms with Gasteiger partial charge in [0.05, 0.1) is 12.5 Å². The van der Waals surface area contributed by atoms with Crippen molar-refractivity contribution < 1.29 is 34.4 Å². The zero-order chi connectivity index (χ0) is 11.8. The Morgan fingerprint density at radius 3 is 1.40 bits per heavy atom. The maximum Gasteiger partial charge on any atom is 0.335 e. The van der Waals surface area contributed by atoms with Gasteiger partial charge in [0.25, 0.3) is 0 Å². The number of hydrogen-bond acceptors (Lipinski definition) is 5. The molecule has 1 aromatic rings. The lowest BCUT2D eigenvalue weighted by molar-refractivity contribution is -0.165. The van der Waals surface area contributed by atoms with Gasteiger partial charge in [0.1, 0.15) is 0 Å². The molecule has 2 atom stereocenters. The van der Waals surface area contributed by atoms with Crippen LogP contribution in [0.2, 0.25) is 0 Å². The first kappa shape index (κ1) is 13.1. The predicted molar refractivity (Wildman–Crippen MR) is 46.0 cm³/mol. The van der Waals surface area contributed by atoms with Crippen molar-refractivity contribution in [2.45, 2.75) is 12.2 Å². The highest BCUT2D eigenvalue weighted by atomic mass is 16.4. The summed E-state index contributed by atoms with van der Waals surface area (Å²) >= 11 is 0. The molecule has 4 N–H and O–H groups in total. The number of carboxylic acid groups (broad SMARTS) is 2. The van der Waals surface area contributed by atoms with Gasteiger partial charge in [-0.05, 0) is 12.1 Å². The topological polar surface area (TPSA) is 128 Å². The first-order valence-corrected chi connectivity index (χ1v) is 3.75. The highest BCUT2D eigenvalue weighted by Crippen LogP contribution is 1.92. The Morgan fingerprint density at radius 2 is 1.27 bits per heavy atom. The lowest BCUT2D eigenvalue weighted by atomic mass is 10.2. The monoisotopic (exact) mass is 218 g/mol. The Bertz CT molecular complexity index is 257. The fraction of sp³-hybridized carbons (Fsp3) is 0.250. The lowest BCUT2D eigenvalue weighted by Crippen LogP contribution is -2.39. The van der Waals surface area contributed by atoms with E-state index in [4.69, 9.17) is 20.4 Å². The molecule has 0 aliphatic carbocycles. The normalized spacial score (nSPS) is 13.2. The molecule has 0 amide bonds. The van der Waals surface area contributed by atoms with Gasteiger partial charge in [0.15, 0.2) is 12.2 Å². The van der Waals surface area contributed by atoms with Crippen LogP contribution in [0.5, 0.6) is 0 Å².